The van der Waals surface area contributed by atoms with Crippen molar-refractivity contribution in [1.82, 2.24) is 0 Å². The molecule has 0 fully saturated rings. The fourth-order valence-electron chi connectivity index (χ4n) is 3.40. The van der Waals surface area contributed by atoms with Crippen LogP contribution in [0.2, 0.25) is 0 Å². The van der Waals surface area contributed by atoms with Crippen LogP contribution in [0, 0.1) is 0 Å². The lowest BCUT2D eigenvalue weighted by atomic mass is 9.78. The Kier molecular flexibility index (Phi) is 4.22. The summed E-state index contributed by atoms with van der Waals surface area (Å²) >= 11 is 0. The van der Waals surface area contributed by atoms with Gasteiger partial charge in [0.05, 0.1) is 0 Å². The van der Waals surface area contributed by atoms with Crippen molar-refractivity contribution in [2.75, 3.05) is 0 Å². The molecule has 1 aromatic carbocycles. The summed E-state index contributed by atoms with van der Waals surface area (Å²) in [6.45, 7) is 13.3. The molecular weight excluding hydrogens is 240 g/mol. The fourth-order valence-corrected chi connectivity index (χ4v) is 3.40. The maximum atomic E-state index is 2.44. The summed E-state index contributed by atoms with van der Waals surface area (Å²) in [6.07, 6.45) is 7.08. The van der Waals surface area contributed by atoms with Crippen molar-refractivity contribution in [3.63, 3.8) is 0 Å². The third-order valence-electron chi connectivity index (χ3n) is 4.60. The fraction of sp³-hybridized carbons (Fsp3) is 0.500. The normalized spacial score (nSPS) is 18.6. The van der Waals surface area contributed by atoms with Crippen LogP contribution in [-0.2, 0) is 5.41 Å². The summed E-state index contributed by atoms with van der Waals surface area (Å²) in [5.41, 5.74) is 7.82. The Bertz CT molecular complexity index is 553. The Balaban J connectivity index is 0.000000704. The molecule has 0 heterocycles. The maximum Gasteiger partial charge on any atom is 0.0121 e. The molecule has 0 saturated carbocycles. The van der Waals surface area contributed by atoms with E-state index in [1.807, 2.05) is 13.8 Å². The van der Waals surface area contributed by atoms with Crippen LogP contribution in [0.1, 0.15) is 77.0 Å². The topological polar surface area (TPSA) is 0 Å². The van der Waals surface area contributed by atoms with E-state index >= 15 is 0 Å². The van der Waals surface area contributed by atoms with Gasteiger partial charge in [-0.25, -0.2) is 0 Å². The van der Waals surface area contributed by atoms with Crippen LogP contribution in [0.15, 0.2) is 35.9 Å². The number of hydrogen-bond acceptors (Lipinski definition) is 0. The SMILES string of the molecule is CC.CC(C)c1ccc2c(c1)C(C)(C)C1=C2C=CCC1. The lowest BCUT2D eigenvalue weighted by Gasteiger charge is -2.26. The Hall–Kier alpha value is -1.30. The first kappa shape index (κ1) is 15.1. The number of allylic oxidation sites excluding steroid dienone is 4. The molecule has 0 aliphatic heterocycles. The van der Waals surface area contributed by atoms with Crippen molar-refractivity contribution in [3.8, 4) is 0 Å². The number of fused-ring (bicyclic) bond motifs is 2. The summed E-state index contributed by atoms with van der Waals surface area (Å²) in [5, 5.41) is 0. The maximum absolute atomic E-state index is 2.44. The van der Waals surface area contributed by atoms with Crippen molar-refractivity contribution in [2.24, 2.45) is 0 Å². The predicted molar refractivity (Wildman–Crippen MR) is 90.2 cm³/mol. The Morgan fingerprint density at radius 3 is 2.45 bits per heavy atom. The molecule has 0 spiro atoms. The minimum atomic E-state index is 0.223. The first-order valence-electron chi connectivity index (χ1n) is 8.07. The smallest absolute Gasteiger partial charge is 0.0121 e. The van der Waals surface area contributed by atoms with Gasteiger partial charge in [0, 0.05) is 5.41 Å². The average molecular weight is 268 g/mol. The second-order valence-corrected chi connectivity index (χ2v) is 6.42. The molecule has 0 radical (unpaired) electrons. The highest BCUT2D eigenvalue weighted by atomic mass is 14.4. The van der Waals surface area contributed by atoms with Crippen LogP contribution in [0.25, 0.3) is 5.57 Å². The standard InChI is InChI=1S/C18H22.C2H6/c1-12(2)13-9-10-15-14-7-5-6-8-16(14)18(3,4)17(15)11-13;1-2/h5,7,9-12H,6,8H2,1-4H3;1-2H3. The van der Waals surface area contributed by atoms with E-state index in [9.17, 15) is 0 Å². The van der Waals surface area contributed by atoms with E-state index < -0.39 is 0 Å². The van der Waals surface area contributed by atoms with E-state index in [0.29, 0.717) is 5.92 Å². The van der Waals surface area contributed by atoms with E-state index in [1.165, 1.54) is 35.1 Å². The monoisotopic (exact) mass is 268 g/mol. The summed E-state index contributed by atoms with van der Waals surface area (Å²) in [7, 11) is 0. The van der Waals surface area contributed by atoms with Crippen LogP contribution in [0.4, 0.5) is 0 Å². The van der Waals surface area contributed by atoms with Gasteiger partial charge in [-0.05, 0) is 41.0 Å². The van der Waals surface area contributed by atoms with Crippen molar-refractivity contribution >= 4 is 5.57 Å². The first-order chi connectivity index (χ1) is 9.51. The van der Waals surface area contributed by atoms with Gasteiger partial charge < -0.3 is 0 Å². The van der Waals surface area contributed by atoms with Gasteiger partial charge in [-0.3, -0.25) is 0 Å². The van der Waals surface area contributed by atoms with Crippen molar-refractivity contribution in [3.05, 3.63) is 52.6 Å². The zero-order chi connectivity index (χ0) is 14.9. The van der Waals surface area contributed by atoms with Crippen LogP contribution in [-0.4, -0.2) is 0 Å². The molecule has 0 atom stereocenters. The molecule has 2 aliphatic carbocycles. The van der Waals surface area contributed by atoms with Crippen LogP contribution >= 0.6 is 0 Å². The number of rotatable bonds is 1. The summed E-state index contributed by atoms with van der Waals surface area (Å²) < 4.78 is 0. The number of hydrogen-bond donors (Lipinski definition) is 0. The molecule has 1 aromatic rings. The number of benzene rings is 1. The highest BCUT2D eigenvalue weighted by Crippen LogP contribution is 2.50. The van der Waals surface area contributed by atoms with E-state index in [-0.39, 0.29) is 5.41 Å². The van der Waals surface area contributed by atoms with Gasteiger partial charge in [-0.1, -0.05) is 77.5 Å². The highest BCUT2D eigenvalue weighted by Gasteiger charge is 2.37. The van der Waals surface area contributed by atoms with Crippen LogP contribution in [0.5, 0.6) is 0 Å². The Morgan fingerprint density at radius 2 is 1.80 bits per heavy atom. The molecule has 0 saturated heterocycles. The molecule has 0 nitrogen and oxygen atoms in total. The van der Waals surface area contributed by atoms with Crippen molar-refractivity contribution in [2.45, 2.75) is 65.7 Å². The van der Waals surface area contributed by atoms with Crippen molar-refractivity contribution in [1.29, 1.82) is 0 Å². The van der Waals surface area contributed by atoms with Gasteiger partial charge in [0.1, 0.15) is 0 Å². The summed E-state index contributed by atoms with van der Waals surface area (Å²) in [5.74, 6) is 0.610. The molecule has 0 heteroatoms. The van der Waals surface area contributed by atoms with Gasteiger partial charge in [0.2, 0.25) is 0 Å². The predicted octanol–water partition coefficient (Wildman–Crippen LogP) is 6.23. The average Bonchev–Trinajstić information content (AvgIpc) is 2.70. The second-order valence-electron chi connectivity index (χ2n) is 6.42. The molecule has 0 aromatic heterocycles. The van der Waals surface area contributed by atoms with Gasteiger partial charge >= 0.3 is 0 Å². The van der Waals surface area contributed by atoms with Gasteiger partial charge in [-0.15, -0.1) is 0 Å². The lowest BCUT2D eigenvalue weighted by molar-refractivity contribution is 0.606. The Morgan fingerprint density at radius 1 is 1.10 bits per heavy atom. The van der Waals surface area contributed by atoms with E-state index in [0.717, 1.165) is 0 Å². The van der Waals surface area contributed by atoms with Crippen LogP contribution in [0.3, 0.4) is 0 Å². The van der Waals surface area contributed by atoms with Gasteiger partial charge in [-0.2, -0.15) is 0 Å². The van der Waals surface area contributed by atoms with Gasteiger partial charge in [0.25, 0.3) is 0 Å². The molecular formula is C20H28. The second kappa shape index (κ2) is 5.60. The molecule has 20 heavy (non-hydrogen) atoms. The third kappa shape index (κ3) is 2.26. The van der Waals surface area contributed by atoms with E-state index in [1.54, 1.807) is 5.57 Å². The molecule has 2 aliphatic rings. The lowest BCUT2D eigenvalue weighted by Crippen LogP contribution is -2.18. The largest absolute Gasteiger partial charge is 0.0836 e. The molecule has 0 unspecified atom stereocenters. The highest BCUT2D eigenvalue weighted by molar-refractivity contribution is 5.86. The van der Waals surface area contributed by atoms with Crippen LogP contribution < -0.4 is 0 Å². The minimum Gasteiger partial charge on any atom is -0.0836 e. The molecule has 0 amide bonds. The summed E-state index contributed by atoms with van der Waals surface area (Å²) in [4.78, 5) is 0. The van der Waals surface area contributed by atoms with Gasteiger partial charge in [0.15, 0.2) is 0 Å². The first-order valence-corrected chi connectivity index (χ1v) is 8.07. The molecule has 0 N–H and O–H groups in total. The Labute approximate surface area is 124 Å². The zero-order valence-corrected chi connectivity index (χ0v) is 13.9. The molecule has 108 valence electrons. The minimum absolute atomic E-state index is 0.223. The van der Waals surface area contributed by atoms with E-state index in [2.05, 4.69) is 58.0 Å². The molecule has 3 rings (SSSR count). The van der Waals surface area contributed by atoms with Crippen molar-refractivity contribution < 1.29 is 0 Å². The quantitative estimate of drug-likeness (QED) is 0.566. The summed E-state index contributed by atoms with van der Waals surface area (Å²) in [6, 6.07) is 7.08. The third-order valence-corrected chi connectivity index (χ3v) is 4.60. The molecule has 0 bridgehead atoms. The van der Waals surface area contributed by atoms with E-state index in [4.69, 9.17) is 0 Å². The zero-order valence-electron chi connectivity index (χ0n) is 13.9.